The summed E-state index contributed by atoms with van der Waals surface area (Å²) < 4.78 is 5.76. The van der Waals surface area contributed by atoms with Crippen LogP contribution in [0.15, 0.2) is 52.4 Å². The van der Waals surface area contributed by atoms with Crippen LogP contribution in [0.5, 0.6) is 0 Å². The molecule has 0 atom stereocenters. The molecule has 4 nitrogen and oxygen atoms in total. The summed E-state index contributed by atoms with van der Waals surface area (Å²) in [6, 6.07) is 11.5. The zero-order chi connectivity index (χ0) is 17.6. The first-order valence-corrected chi connectivity index (χ1v) is 9.43. The van der Waals surface area contributed by atoms with Crippen molar-refractivity contribution < 1.29 is 9.21 Å². The quantitative estimate of drug-likeness (QED) is 0.582. The van der Waals surface area contributed by atoms with Crippen molar-refractivity contribution in [2.45, 2.75) is 26.3 Å². The number of nitrogens with zero attached hydrogens (tertiary/aromatic N) is 2. The molecule has 25 heavy (non-hydrogen) atoms. The molecular formula is C19H19ClN2O2S. The number of amides is 1. The third kappa shape index (κ3) is 4.50. The number of hydrogen-bond acceptors (Lipinski definition) is 4. The highest BCUT2D eigenvalue weighted by Crippen LogP contribution is 2.28. The summed E-state index contributed by atoms with van der Waals surface area (Å²) in [5.74, 6) is 1.28. The average molecular weight is 375 g/mol. The lowest BCUT2D eigenvalue weighted by Crippen LogP contribution is -2.30. The third-order valence-electron chi connectivity index (χ3n) is 3.91. The van der Waals surface area contributed by atoms with Gasteiger partial charge < -0.3 is 9.32 Å². The predicted octanol–water partition coefficient (Wildman–Crippen LogP) is 5.04. The van der Waals surface area contributed by atoms with Crippen molar-refractivity contribution in [1.29, 1.82) is 0 Å². The Hall–Kier alpha value is -2.11. The Morgan fingerprint density at radius 3 is 2.84 bits per heavy atom. The number of halogens is 1. The highest BCUT2D eigenvalue weighted by atomic mass is 35.5. The van der Waals surface area contributed by atoms with Gasteiger partial charge in [0, 0.05) is 29.8 Å². The second kappa shape index (κ2) is 8.32. The first-order chi connectivity index (χ1) is 12.2. The number of aromatic nitrogens is 1. The number of benzene rings is 1. The second-order valence-electron chi connectivity index (χ2n) is 5.59. The molecule has 0 aliphatic carbocycles. The minimum Gasteiger partial charge on any atom is -0.441 e. The summed E-state index contributed by atoms with van der Waals surface area (Å²) in [5, 5.41) is 2.64. The van der Waals surface area contributed by atoms with Gasteiger partial charge in [-0.3, -0.25) is 4.79 Å². The molecule has 3 rings (SSSR count). The van der Waals surface area contributed by atoms with Crippen LogP contribution in [0.2, 0.25) is 5.02 Å². The number of rotatable bonds is 7. The molecule has 0 saturated heterocycles. The van der Waals surface area contributed by atoms with Crippen molar-refractivity contribution >= 4 is 28.8 Å². The fraction of sp³-hybridized carbons (Fsp3) is 0.263. The fourth-order valence-electron chi connectivity index (χ4n) is 2.55. The Bertz CT molecular complexity index is 830. The lowest BCUT2D eigenvalue weighted by molar-refractivity contribution is -0.131. The van der Waals surface area contributed by atoms with Gasteiger partial charge in [-0.05, 0) is 30.5 Å². The SMILES string of the molecule is CCN(Cc1cccs1)C(=O)CCc1ncc(-c2ccccc2Cl)o1. The van der Waals surface area contributed by atoms with Crippen LogP contribution in [0, 0.1) is 0 Å². The number of oxazole rings is 1. The molecular weight excluding hydrogens is 356 g/mol. The lowest BCUT2D eigenvalue weighted by atomic mass is 10.2. The highest BCUT2D eigenvalue weighted by Gasteiger charge is 2.15. The molecule has 0 bridgehead atoms. The summed E-state index contributed by atoms with van der Waals surface area (Å²) in [6.07, 6.45) is 2.51. The van der Waals surface area contributed by atoms with E-state index in [0.717, 1.165) is 5.56 Å². The largest absolute Gasteiger partial charge is 0.441 e. The number of carbonyl (C=O) groups excluding carboxylic acids is 1. The Balaban J connectivity index is 1.60. The van der Waals surface area contributed by atoms with Gasteiger partial charge >= 0.3 is 0 Å². The fourth-order valence-corrected chi connectivity index (χ4v) is 3.50. The van der Waals surface area contributed by atoms with Crippen molar-refractivity contribution in [3.63, 3.8) is 0 Å². The molecule has 0 aliphatic heterocycles. The summed E-state index contributed by atoms with van der Waals surface area (Å²) in [7, 11) is 0. The molecule has 0 fully saturated rings. The van der Waals surface area contributed by atoms with Crippen molar-refractivity contribution in [2.24, 2.45) is 0 Å². The molecule has 0 radical (unpaired) electrons. The molecule has 0 aliphatic rings. The van der Waals surface area contributed by atoms with Gasteiger partial charge in [-0.25, -0.2) is 4.98 Å². The minimum absolute atomic E-state index is 0.105. The van der Waals surface area contributed by atoms with Gasteiger partial charge in [-0.15, -0.1) is 11.3 Å². The van der Waals surface area contributed by atoms with Crippen LogP contribution in [0.1, 0.15) is 24.1 Å². The molecule has 0 spiro atoms. The van der Waals surface area contributed by atoms with E-state index < -0.39 is 0 Å². The molecule has 0 N–H and O–H groups in total. The Morgan fingerprint density at radius 1 is 1.28 bits per heavy atom. The standard InChI is InChI=1S/C19H19ClN2O2S/c1-2-22(13-14-6-5-11-25-14)19(23)10-9-18-21-12-17(24-18)15-7-3-4-8-16(15)20/h3-8,11-12H,2,9-10,13H2,1H3. The van der Waals surface area contributed by atoms with E-state index in [4.69, 9.17) is 16.0 Å². The van der Waals surface area contributed by atoms with E-state index in [-0.39, 0.29) is 5.91 Å². The number of carbonyl (C=O) groups is 1. The Labute approximate surface area is 156 Å². The summed E-state index contributed by atoms with van der Waals surface area (Å²) >= 11 is 7.84. The zero-order valence-electron chi connectivity index (χ0n) is 13.9. The Kier molecular flexibility index (Phi) is 5.89. The van der Waals surface area contributed by atoms with Gasteiger partial charge in [0.25, 0.3) is 0 Å². The Morgan fingerprint density at radius 2 is 2.12 bits per heavy atom. The van der Waals surface area contributed by atoms with Gasteiger partial charge in [-0.1, -0.05) is 29.8 Å². The maximum absolute atomic E-state index is 12.4. The molecule has 130 valence electrons. The maximum atomic E-state index is 12.4. The molecule has 3 aromatic rings. The summed E-state index contributed by atoms with van der Waals surface area (Å²) in [6.45, 7) is 3.34. The summed E-state index contributed by atoms with van der Waals surface area (Å²) in [5.41, 5.74) is 0.808. The third-order valence-corrected chi connectivity index (χ3v) is 5.10. The number of thiophene rings is 1. The van der Waals surface area contributed by atoms with E-state index in [1.807, 2.05) is 53.6 Å². The molecule has 2 aromatic heterocycles. The molecule has 2 heterocycles. The molecule has 1 aromatic carbocycles. The van der Waals surface area contributed by atoms with E-state index >= 15 is 0 Å². The maximum Gasteiger partial charge on any atom is 0.223 e. The van der Waals surface area contributed by atoms with Crippen LogP contribution in [-0.4, -0.2) is 22.3 Å². The van der Waals surface area contributed by atoms with Crippen LogP contribution in [-0.2, 0) is 17.8 Å². The smallest absolute Gasteiger partial charge is 0.223 e. The van der Waals surface area contributed by atoms with Crippen LogP contribution in [0.4, 0.5) is 0 Å². The number of hydrogen-bond donors (Lipinski definition) is 0. The first-order valence-electron chi connectivity index (χ1n) is 8.17. The van der Waals surface area contributed by atoms with E-state index in [1.165, 1.54) is 4.88 Å². The van der Waals surface area contributed by atoms with Crippen LogP contribution < -0.4 is 0 Å². The predicted molar refractivity (Wildman–Crippen MR) is 101 cm³/mol. The minimum atomic E-state index is 0.105. The van der Waals surface area contributed by atoms with Gasteiger partial charge in [-0.2, -0.15) is 0 Å². The van der Waals surface area contributed by atoms with E-state index in [9.17, 15) is 4.79 Å². The van der Waals surface area contributed by atoms with Crippen molar-refractivity contribution in [3.05, 3.63) is 63.8 Å². The monoisotopic (exact) mass is 374 g/mol. The van der Waals surface area contributed by atoms with Gasteiger partial charge in [0.15, 0.2) is 11.7 Å². The van der Waals surface area contributed by atoms with Crippen LogP contribution >= 0.6 is 22.9 Å². The molecule has 0 saturated carbocycles. The topological polar surface area (TPSA) is 46.3 Å². The molecule has 6 heteroatoms. The second-order valence-corrected chi connectivity index (χ2v) is 7.02. The van der Waals surface area contributed by atoms with Crippen LogP contribution in [0.3, 0.4) is 0 Å². The number of aryl methyl sites for hydroxylation is 1. The van der Waals surface area contributed by atoms with E-state index in [1.54, 1.807) is 17.5 Å². The van der Waals surface area contributed by atoms with E-state index in [2.05, 4.69) is 4.98 Å². The van der Waals surface area contributed by atoms with Gasteiger partial charge in [0.1, 0.15) is 0 Å². The van der Waals surface area contributed by atoms with Crippen molar-refractivity contribution in [1.82, 2.24) is 9.88 Å². The van der Waals surface area contributed by atoms with Gasteiger partial charge in [0.05, 0.1) is 17.8 Å². The van der Waals surface area contributed by atoms with Crippen LogP contribution in [0.25, 0.3) is 11.3 Å². The molecule has 0 unspecified atom stereocenters. The molecule has 1 amide bonds. The van der Waals surface area contributed by atoms with Crippen molar-refractivity contribution in [3.8, 4) is 11.3 Å². The zero-order valence-corrected chi connectivity index (χ0v) is 15.5. The highest BCUT2D eigenvalue weighted by molar-refractivity contribution is 7.09. The lowest BCUT2D eigenvalue weighted by Gasteiger charge is -2.19. The van der Waals surface area contributed by atoms with Crippen molar-refractivity contribution in [2.75, 3.05) is 6.54 Å². The average Bonchev–Trinajstić information content (AvgIpc) is 3.30. The van der Waals surface area contributed by atoms with Gasteiger partial charge in [0.2, 0.25) is 5.91 Å². The summed E-state index contributed by atoms with van der Waals surface area (Å²) in [4.78, 5) is 19.8. The normalized spacial score (nSPS) is 10.8. The van der Waals surface area contributed by atoms with E-state index in [0.29, 0.717) is 42.6 Å². The first kappa shape index (κ1) is 17.7.